The van der Waals surface area contributed by atoms with Crippen LogP contribution in [0.1, 0.15) is 21.5 Å². The highest BCUT2D eigenvalue weighted by Crippen LogP contribution is 2.34. The van der Waals surface area contributed by atoms with Gasteiger partial charge in [-0.1, -0.05) is 18.2 Å². The van der Waals surface area contributed by atoms with Crippen molar-refractivity contribution in [3.05, 3.63) is 58.9 Å². The first kappa shape index (κ1) is 10.2. The van der Waals surface area contributed by atoms with Crippen LogP contribution < -0.4 is 0 Å². The van der Waals surface area contributed by atoms with Crippen molar-refractivity contribution in [1.29, 1.82) is 0 Å². The summed E-state index contributed by atoms with van der Waals surface area (Å²) in [5.41, 5.74) is 5.14. The average molecular weight is 226 g/mol. The molecule has 2 heteroatoms. The summed E-state index contributed by atoms with van der Waals surface area (Å²) in [4.78, 5) is 10.7. The van der Waals surface area contributed by atoms with Crippen LogP contribution >= 0.6 is 0 Å². The number of carbonyl (C=O) groups excluding carboxylic acids is 1. The zero-order valence-electron chi connectivity index (χ0n) is 9.24. The number of halogens is 1. The van der Waals surface area contributed by atoms with E-state index >= 15 is 0 Å². The highest BCUT2D eigenvalue weighted by atomic mass is 19.1. The molecule has 0 fully saturated rings. The summed E-state index contributed by atoms with van der Waals surface area (Å²) < 4.78 is 13.1. The maximum absolute atomic E-state index is 13.1. The number of carbonyl (C=O) groups is 1. The Bertz CT molecular complexity index is 602. The minimum Gasteiger partial charge on any atom is -0.298 e. The highest BCUT2D eigenvalue weighted by molar-refractivity contribution is 5.80. The highest BCUT2D eigenvalue weighted by Gasteiger charge is 2.16. The average Bonchev–Trinajstić information content (AvgIpc) is 2.37. The summed E-state index contributed by atoms with van der Waals surface area (Å²) in [6.45, 7) is 0. The van der Waals surface area contributed by atoms with E-state index in [1.54, 1.807) is 6.07 Å². The number of aldehydes is 1. The predicted octanol–water partition coefficient (Wildman–Crippen LogP) is 3.40. The van der Waals surface area contributed by atoms with Gasteiger partial charge in [0, 0.05) is 5.56 Å². The van der Waals surface area contributed by atoms with Crippen molar-refractivity contribution in [2.24, 2.45) is 0 Å². The van der Waals surface area contributed by atoms with Gasteiger partial charge in [0.15, 0.2) is 0 Å². The molecule has 17 heavy (non-hydrogen) atoms. The molecule has 1 aliphatic carbocycles. The zero-order valence-corrected chi connectivity index (χ0v) is 9.24. The second-order valence-corrected chi connectivity index (χ2v) is 4.34. The van der Waals surface area contributed by atoms with Gasteiger partial charge in [-0.3, -0.25) is 4.79 Å². The van der Waals surface area contributed by atoms with E-state index in [2.05, 4.69) is 0 Å². The summed E-state index contributed by atoms with van der Waals surface area (Å²) in [6.07, 6.45) is 2.57. The van der Waals surface area contributed by atoms with Crippen LogP contribution in [0.2, 0.25) is 0 Å². The minimum absolute atomic E-state index is 0.184. The van der Waals surface area contributed by atoms with Crippen LogP contribution in [0.25, 0.3) is 11.1 Å². The zero-order chi connectivity index (χ0) is 11.8. The fourth-order valence-corrected chi connectivity index (χ4v) is 2.46. The molecule has 2 aromatic carbocycles. The van der Waals surface area contributed by atoms with Crippen LogP contribution in [0.5, 0.6) is 0 Å². The van der Waals surface area contributed by atoms with Gasteiger partial charge in [-0.25, -0.2) is 4.39 Å². The van der Waals surface area contributed by atoms with Gasteiger partial charge >= 0.3 is 0 Å². The first-order valence-corrected chi connectivity index (χ1v) is 5.65. The maximum atomic E-state index is 13.1. The number of rotatable bonds is 1. The molecule has 0 aliphatic heterocycles. The third kappa shape index (κ3) is 1.66. The van der Waals surface area contributed by atoms with Crippen molar-refractivity contribution >= 4 is 6.29 Å². The van der Waals surface area contributed by atoms with Crippen LogP contribution in [0.4, 0.5) is 4.39 Å². The van der Waals surface area contributed by atoms with Crippen LogP contribution in [-0.2, 0) is 12.8 Å². The summed E-state index contributed by atoms with van der Waals surface area (Å²) in [7, 11) is 0. The lowest BCUT2D eigenvalue weighted by molar-refractivity contribution is 0.112. The van der Waals surface area contributed by atoms with E-state index in [4.69, 9.17) is 0 Å². The van der Waals surface area contributed by atoms with Crippen molar-refractivity contribution in [2.45, 2.75) is 12.8 Å². The van der Waals surface area contributed by atoms with E-state index in [1.165, 1.54) is 11.6 Å². The molecule has 1 aliphatic rings. The third-order valence-corrected chi connectivity index (χ3v) is 3.29. The van der Waals surface area contributed by atoms with Crippen LogP contribution in [0.3, 0.4) is 0 Å². The Hall–Kier alpha value is -1.96. The number of hydrogen-bond donors (Lipinski definition) is 0. The number of aryl methyl sites for hydroxylation is 2. The lowest BCUT2D eigenvalue weighted by Gasteiger charge is -2.20. The van der Waals surface area contributed by atoms with Crippen LogP contribution in [0.15, 0.2) is 36.4 Å². The SMILES string of the molecule is O=Cc1ccc2c(c1)CCc1cc(F)ccc1-2. The van der Waals surface area contributed by atoms with Gasteiger partial charge in [0.05, 0.1) is 0 Å². The van der Waals surface area contributed by atoms with Crippen LogP contribution in [-0.4, -0.2) is 6.29 Å². The summed E-state index contributed by atoms with van der Waals surface area (Å²) in [5, 5.41) is 0. The molecule has 3 rings (SSSR count). The first-order valence-electron chi connectivity index (χ1n) is 5.65. The number of hydrogen-bond acceptors (Lipinski definition) is 1. The molecular weight excluding hydrogens is 215 g/mol. The van der Waals surface area contributed by atoms with Gasteiger partial charge < -0.3 is 0 Å². The fraction of sp³-hybridized carbons (Fsp3) is 0.133. The van der Waals surface area contributed by atoms with Crippen molar-refractivity contribution in [3.8, 4) is 11.1 Å². The van der Waals surface area contributed by atoms with E-state index in [-0.39, 0.29) is 5.82 Å². The van der Waals surface area contributed by atoms with E-state index in [0.29, 0.717) is 5.56 Å². The molecule has 0 spiro atoms. The monoisotopic (exact) mass is 226 g/mol. The molecular formula is C15H11FO. The third-order valence-electron chi connectivity index (χ3n) is 3.29. The Labute approximate surface area is 98.9 Å². The van der Waals surface area contributed by atoms with Crippen molar-refractivity contribution in [2.75, 3.05) is 0 Å². The Kier molecular flexibility index (Phi) is 2.29. The largest absolute Gasteiger partial charge is 0.298 e. The van der Waals surface area contributed by atoms with E-state index in [1.807, 2.05) is 24.3 Å². The Balaban J connectivity index is 2.20. The first-order chi connectivity index (χ1) is 8.28. The topological polar surface area (TPSA) is 17.1 Å². The van der Waals surface area contributed by atoms with Gasteiger partial charge in [-0.2, -0.15) is 0 Å². The Morgan fingerprint density at radius 1 is 0.941 bits per heavy atom. The summed E-state index contributed by atoms with van der Waals surface area (Å²) in [6, 6.07) is 10.6. The second kappa shape index (κ2) is 3.81. The van der Waals surface area contributed by atoms with Gasteiger partial charge in [0.2, 0.25) is 0 Å². The quantitative estimate of drug-likeness (QED) is 0.681. The Morgan fingerprint density at radius 3 is 2.29 bits per heavy atom. The molecule has 0 bridgehead atoms. The number of fused-ring (bicyclic) bond motifs is 3. The minimum atomic E-state index is -0.184. The molecule has 0 N–H and O–H groups in total. The second-order valence-electron chi connectivity index (χ2n) is 4.34. The smallest absolute Gasteiger partial charge is 0.150 e. The molecule has 0 saturated carbocycles. The van der Waals surface area contributed by atoms with E-state index in [0.717, 1.165) is 35.8 Å². The lowest BCUT2D eigenvalue weighted by Crippen LogP contribution is -2.05. The molecule has 0 radical (unpaired) electrons. The molecule has 1 nitrogen and oxygen atoms in total. The van der Waals surface area contributed by atoms with Crippen molar-refractivity contribution in [3.63, 3.8) is 0 Å². The molecule has 0 aromatic heterocycles. The fourth-order valence-electron chi connectivity index (χ4n) is 2.46. The molecule has 0 atom stereocenters. The van der Waals surface area contributed by atoms with Gasteiger partial charge in [0.1, 0.15) is 12.1 Å². The lowest BCUT2D eigenvalue weighted by atomic mass is 9.85. The van der Waals surface area contributed by atoms with Gasteiger partial charge in [0.25, 0.3) is 0 Å². The number of benzene rings is 2. The molecule has 0 amide bonds. The molecule has 0 unspecified atom stereocenters. The molecule has 0 heterocycles. The van der Waals surface area contributed by atoms with E-state index < -0.39 is 0 Å². The van der Waals surface area contributed by atoms with Gasteiger partial charge in [-0.05, 0) is 53.3 Å². The maximum Gasteiger partial charge on any atom is 0.150 e. The molecule has 0 saturated heterocycles. The summed E-state index contributed by atoms with van der Waals surface area (Å²) >= 11 is 0. The standard InChI is InChI=1S/C15H11FO/c16-13-4-6-15-12(8-13)3-2-11-7-10(9-17)1-5-14(11)15/h1,4-9H,2-3H2. The van der Waals surface area contributed by atoms with Crippen LogP contribution in [0, 0.1) is 5.82 Å². The molecule has 84 valence electrons. The predicted molar refractivity (Wildman–Crippen MR) is 64.6 cm³/mol. The Morgan fingerprint density at radius 2 is 1.59 bits per heavy atom. The van der Waals surface area contributed by atoms with Crippen molar-refractivity contribution in [1.82, 2.24) is 0 Å². The van der Waals surface area contributed by atoms with Gasteiger partial charge in [-0.15, -0.1) is 0 Å². The molecule has 2 aromatic rings. The summed E-state index contributed by atoms with van der Waals surface area (Å²) in [5.74, 6) is -0.184. The normalized spacial score (nSPS) is 12.8. The van der Waals surface area contributed by atoms with Crippen molar-refractivity contribution < 1.29 is 9.18 Å². The van der Waals surface area contributed by atoms with E-state index in [9.17, 15) is 9.18 Å².